The molecule has 0 saturated carbocycles. The third-order valence-corrected chi connectivity index (χ3v) is 3.62. The fourth-order valence-corrected chi connectivity index (χ4v) is 2.36. The highest BCUT2D eigenvalue weighted by Crippen LogP contribution is 2.21. The molecule has 0 radical (unpaired) electrons. The number of hydrogen-bond donors (Lipinski definition) is 3. The Morgan fingerprint density at radius 1 is 0.682 bits per heavy atom. The predicted octanol–water partition coefficient (Wildman–Crippen LogP) is 1.09. The molecule has 1 heterocycles. The van der Waals surface area contributed by atoms with Gasteiger partial charge in [-0.25, -0.2) is 4.68 Å². The van der Waals surface area contributed by atoms with E-state index in [-0.39, 0.29) is 0 Å². The lowest BCUT2D eigenvalue weighted by atomic mass is 10.1. The Hall–Kier alpha value is -2.70. The van der Waals surface area contributed by atoms with Gasteiger partial charge in [0.05, 0.1) is 12.1 Å². The first kappa shape index (κ1) is 14.2. The summed E-state index contributed by atoms with van der Waals surface area (Å²) < 4.78 is 1.38. The summed E-state index contributed by atoms with van der Waals surface area (Å²) in [6.07, 6.45) is 0. The van der Waals surface area contributed by atoms with Gasteiger partial charge in [0.2, 0.25) is 0 Å². The Labute approximate surface area is 128 Å². The minimum absolute atomic E-state index is 0.449. The van der Waals surface area contributed by atoms with Crippen molar-refractivity contribution >= 4 is 0 Å². The van der Waals surface area contributed by atoms with Gasteiger partial charge >= 0.3 is 0 Å². The largest absolute Gasteiger partial charge is 0.336 e. The van der Waals surface area contributed by atoms with Gasteiger partial charge in [-0.05, 0) is 11.1 Å². The molecule has 2 aromatic carbocycles. The maximum absolute atomic E-state index is 6.23. The summed E-state index contributed by atoms with van der Waals surface area (Å²) in [6, 6.07) is 18.3. The zero-order chi connectivity index (χ0) is 15.5. The van der Waals surface area contributed by atoms with Gasteiger partial charge in [-0.15, -0.1) is 10.2 Å². The third-order valence-electron chi connectivity index (χ3n) is 3.62. The van der Waals surface area contributed by atoms with Crippen molar-refractivity contribution in [2.24, 2.45) is 11.5 Å². The topological polar surface area (TPSA) is 109 Å². The minimum Gasteiger partial charge on any atom is -0.336 e. The van der Waals surface area contributed by atoms with Gasteiger partial charge < -0.3 is 17.3 Å². The maximum atomic E-state index is 6.23. The molecule has 0 amide bonds. The Morgan fingerprint density at radius 2 is 1.05 bits per heavy atom. The molecule has 6 N–H and O–H groups in total. The van der Waals surface area contributed by atoms with Crippen LogP contribution in [0.4, 0.5) is 0 Å². The zero-order valence-corrected chi connectivity index (χ0v) is 12.0. The lowest BCUT2D eigenvalue weighted by Gasteiger charge is -2.14. The first-order valence-electron chi connectivity index (χ1n) is 7.00. The molecule has 0 aliphatic rings. The number of nitrogens with two attached hydrogens (primary N) is 3. The van der Waals surface area contributed by atoms with Crippen LogP contribution < -0.4 is 17.3 Å². The summed E-state index contributed by atoms with van der Waals surface area (Å²) in [5.41, 5.74) is 14.3. The van der Waals surface area contributed by atoms with Crippen molar-refractivity contribution < 1.29 is 0 Å². The van der Waals surface area contributed by atoms with E-state index in [0.29, 0.717) is 11.6 Å². The number of hydrogen-bond acceptors (Lipinski definition) is 5. The molecule has 3 rings (SSSR count). The van der Waals surface area contributed by atoms with Crippen LogP contribution in [0.1, 0.15) is 34.9 Å². The standard InChI is InChI=1S/C16H18N6/c17-13(11-7-3-1-4-8-11)15-20-21-16(22(15)19)14(18)12-9-5-2-6-10-12/h1-10,13-14H,17-19H2. The van der Waals surface area contributed by atoms with Crippen LogP contribution in [-0.4, -0.2) is 14.9 Å². The van der Waals surface area contributed by atoms with E-state index in [2.05, 4.69) is 10.2 Å². The molecule has 0 bridgehead atoms. The molecule has 0 spiro atoms. The van der Waals surface area contributed by atoms with E-state index in [1.165, 1.54) is 4.68 Å². The SMILES string of the molecule is NC(c1ccccc1)c1nnc(C(N)c2ccccc2)n1N. The molecule has 2 atom stereocenters. The number of benzene rings is 2. The third kappa shape index (κ3) is 2.57. The molecular weight excluding hydrogens is 276 g/mol. The number of rotatable bonds is 4. The number of nitrogens with zero attached hydrogens (tertiary/aromatic N) is 3. The van der Waals surface area contributed by atoms with E-state index in [0.717, 1.165) is 11.1 Å². The van der Waals surface area contributed by atoms with Crippen LogP contribution in [0.15, 0.2) is 60.7 Å². The van der Waals surface area contributed by atoms with Crippen LogP contribution in [0.5, 0.6) is 0 Å². The highest BCUT2D eigenvalue weighted by Gasteiger charge is 2.22. The van der Waals surface area contributed by atoms with Gasteiger partial charge in [-0.2, -0.15) is 0 Å². The molecule has 112 valence electrons. The molecule has 22 heavy (non-hydrogen) atoms. The summed E-state index contributed by atoms with van der Waals surface area (Å²) in [5.74, 6) is 7.07. The second kappa shape index (κ2) is 5.97. The smallest absolute Gasteiger partial charge is 0.173 e. The summed E-state index contributed by atoms with van der Waals surface area (Å²) in [6.45, 7) is 0. The minimum atomic E-state index is -0.449. The Morgan fingerprint density at radius 3 is 1.41 bits per heavy atom. The van der Waals surface area contributed by atoms with Gasteiger partial charge in [0.1, 0.15) is 0 Å². The van der Waals surface area contributed by atoms with Gasteiger partial charge in [-0.1, -0.05) is 60.7 Å². The molecule has 6 nitrogen and oxygen atoms in total. The van der Waals surface area contributed by atoms with Crippen molar-refractivity contribution in [3.63, 3.8) is 0 Å². The highest BCUT2D eigenvalue weighted by molar-refractivity contribution is 5.28. The highest BCUT2D eigenvalue weighted by atomic mass is 15.4. The summed E-state index contributed by atoms with van der Waals surface area (Å²) in [5, 5.41) is 8.24. The van der Waals surface area contributed by atoms with E-state index < -0.39 is 12.1 Å². The molecule has 0 aliphatic carbocycles. The van der Waals surface area contributed by atoms with Crippen LogP contribution in [0.25, 0.3) is 0 Å². The van der Waals surface area contributed by atoms with Crippen molar-refractivity contribution in [3.8, 4) is 0 Å². The molecule has 0 fully saturated rings. The van der Waals surface area contributed by atoms with E-state index in [1.807, 2.05) is 60.7 Å². The molecule has 2 unspecified atom stereocenters. The first-order valence-corrected chi connectivity index (χ1v) is 7.00. The lowest BCUT2D eigenvalue weighted by Crippen LogP contribution is -2.26. The van der Waals surface area contributed by atoms with Crippen molar-refractivity contribution in [2.75, 3.05) is 5.84 Å². The van der Waals surface area contributed by atoms with E-state index in [4.69, 9.17) is 17.3 Å². The number of aromatic nitrogens is 3. The Kier molecular flexibility index (Phi) is 3.86. The average molecular weight is 294 g/mol. The van der Waals surface area contributed by atoms with Crippen molar-refractivity contribution in [1.82, 2.24) is 14.9 Å². The van der Waals surface area contributed by atoms with E-state index in [9.17, 15) is 0 Å². The van der Waals surface area contributed by atoms with Gasteiger partial charge in [0.25, 0.3) is 0 Å². The molecular formula is C16H18N6. The van der Waals surface area contributed by atoms with Crippen LogP contribution in [-0.2, 0) is 0 Å². The molecule has 0 aliphatic heterocycles. The van der Waals surface area contributed by atoms with Gasteiger partial charge in [0.15, 0.2) is 11.6 Å². The monoisotopic (exact) mass is 294 g/mol. The quantitative estimate of drug-likeness (QED) is 0.624. The van der Waals surface area contributed by atoms with Crippen molar-refractivity contribution in [2.45, 2.75) is 12.1 Å². The van der Waals surface area contributed by atoms with E-state index in [1.54, 1.807) is 0 Å². The van der Waals surface area contributed by atoms with Crippen molar-refractivity contribution in [1.29, 1.82) is 0 Å². The van der Waals surface area contributed by atoms with E-state index >= 15 is 0 Å². The second-order valence-corrected chi connectivity index (χ2v) is 5.06. The Balaban J connectivity index is 1.92. The molecule has 6 heteroatoms. The zero-order valence-electron chi connectivity index (χ0n) is 12.0. The number of nitrogen functional groups attached to an aromatic ring is 1. The van der Waals surface area contributed by atoms with Gasteiger partial charge in [0, 0.05) is 0 Å². The molecule has 0 saturated heterocycles. The van der Waals surface area contributed by atoms with Crippen LogP contribution >= 0.6 is 0 Å². The van der Waals surface area contributed by atoms with Crippen LogP contribution in [0, 0.1) is 0 Å². The Bertz CT molecular complexity index is 675. The fourth-order valence-electron chi connectivity index (χ4n) is 2.36. The normalized spacial score (nSPS) is 13.7. The summed E-state index contributed by atoms with van der Waals surface area (Å²) >= 11 is 0. The molecule has 1 aromatic heterocycles. The van der Waals surface area contributed by atoms with Crippen molar-refractivity contribution in [3.05, 3.63) is 83.4 Å². The predicted molar refractivity (Wildman–Crippen MR) is 85.1 cm³/mol. The lowest BCUT2D eigenvalue weighted by molar-refractivity contribution is 0.696. The van der Waals surface area contributed by atoms with Crippen LogP contribution in [0.3, 0.4) is 0 Å². The summed E-state index contributed by atoms with van der Waals surface area (Å²) in [7, 11) is 0. The summed E-state index contributed by atoms with van der Waals surface area (Å²) in [4.78, 5) is 0. The second-order valence-electron chi connectivity index (χ2n) is 5.06. The van der Waals surface area contributed by atoms with Crippen LogP contribution in [0.2, 0.25) is 0 Å². The average Bonchev–Trinajstić information content (AvgIpc) is 2.96. The maximum Gasteiger partial charge on any atom is 0.173 e. The fraction of sp³-hybridized carbons (Fsp3) is 0.125. The van der Waals surface area contributed by atoms with Gasteiger partial charge in [-0.3, -0.25) is 0 Å². The molecule has 3 aromatic rings. The first-order chi connectivity index (χ1) is 10.7.